The molecule has 1 heterocycles. The molecule has 26 heavy (non-hydrogen) atoms. The molecule has 1 fully saturated rings. The summed E-state index contributed by atoms with van der Waals surface area (Å²) in [7, 11) is 0. The third-order valence-corrected chi connectivity index (χ3v) is 3.74. The number of rotatable bonds is 6. The van der Waals surface area contributed by atoms with Crippen molar-refractivity contribution in [3.05, 3.63) is 29.8 Å². The van der Waals surface area contributed by atoms with E-state index in [2.05, 4.69) is 5.32 Å². The number of hydrogen-bond donors (Lipinski definition) is 4. The van der Waals surface area contributed by atoms with Gasteiger partial charge in [-0.2, -0.15) is 0 Å². The molecule has 2 rings (SSSR count). The molecule has 0 amide bonds. The van der Waals surface area contributed by atoms with Crippen molar-refractivity contribution in [2.75, 3.05) is 19.8 Å². The van der Waals surface area contributed by atoms with Gasteiger partial charge in [0, 0.05) is 6.42 Å². The highest BCUT2D eigenvalue weighted by molar-refractivity contribution is 6.26. The van der Waals surface area contributed by atoms with Crippen molar-refractivity contribution >= 4 is 11.9 Å². The number of aliphatic hydroxyl groups is 1. The molecule has 0 aromatic heterocycles. The Bertz CT molecular complexity index is 544. The Kier molecular flexibility index (Phi) is 9.60. The van der Waals surface area contributed by atoms with Crippen LogP contribution in [-0.2, 0) is 19.1 Å². The van der Waals surface area contributed by atoms with Crippen LogP contribution in [0.2, 0.25) is 0 Å². The van der Waals surface area contributed by atoms with Gasteiger partial charge in [0.2, 0.25) is 0 Å². The Morgan fingerprint density at radius 1 is 1.27 bits per heavy atom. The Morgan fingerprint density at radius 2 is 1.81 bits per heavy atom. The van der Waals surface area contributed by atoms with E-state index in [1.807, 2.05) is 6.92 Å². The van der Waals surface area contributed by atoms with Crippen LogP contribution >= 0.6 is 0 Å². The zero-order valence-corrected chi connectivity index (χ0v) is 14.5. The number of quaternary nitrogens is 1. The van der Waals surface area contributed by atoms with Crippen LogP contribution in [0, 0.1) is 0 Å². The number of ether oxygens (including phenoxy) is 2. The van der Waals surface area contributed by atoms with Gasteiger partial charge in [0.25, 0.3) is 0 Å². The van der Waals surface area contributed by atoms with Crippen LogP contribution in [0.4, 0.5) is 0 Å². The molecule has 1 aliphatic rings. The number of phenols is 1. The zero-order chi connectivity index (χ0) is 19.5. The highest BCUT2D eigenvalue weighted by Gasteiger charge is 2.20. The van der Waals surface area contributed by atoms with Gasteiger partial charge in [-0.05, 0) is 31.0 Å². The van der Waals surface area contributed by atoms with Crippen molar-refractivity contribution < 1.29 is 44.8 Å². The van der Waals surface area contributed by atoms with Gasteiger partial charge < -0.3 is 40.0 Å². The molecule has 0 bridgehead atoms. The predicted octanol–water partition coefficient (Wildman–Crippen LogP) is -1.65. The number of carbonyl (C=O) groups is 2. The normalized spacial score (nSPS) is 16.8. The van der Waals surface area contributed by atoms with Crippen LogP contribution in [0.1, 0.15) is 31.4 Å². The number of hydrogen-bond acceptors (Lipinski definition) is 7. The molecule has 146 valence electrons. The molecule has 0 radical (unpaired) electrons. The van der Waals surface area contributed by atoms with Crippen LogP contribution < -0.4 is 10.4 Å². The smallest absolute Gasteiger partial charge is 0.351 e. The summed E-state index contributed by atoms with van der Waals surface area (Å²) in [5.74, 6) is -3.80. The van der Waals surface area contributed by atoms with Crippen molar-refractivity contribution in [2.24, 2.45) is 0 Å². The van der Waals surface area contributed by atoms with E-state index in [1.165, 1.54) is 0 Å². The minimum absolute atomic E-state index is 0.0446. The number of carboxylic acid groups (broad SMARTS) is 2. The van der Waals surface area contributed by atoms with E-state index in [4.69, 9.17) is 29.3 Å². The van der Waals surface area contributed by atoms with Crippen molar-refractivity contribution in [1.82, 2.24) is 0 Å². The highest BCUT2D eigenvalue weighted by Crippen LogP contribution is 2.18. The quantitative estimate of drug-likeness (QED) is 0.434. The largest absolute Gasteiger partial charge is 0.539 e. The summed E-state index contributed by atoms with van der Waals surface area (Å²) < 4.78 is 11.0. The van der Waals surface area contributed by atoms with Crippen LogP contribution in [0.15, 0.2) is 24.3 Å². The third kappa shape index (κ3) is 8.26. The number of carboxylic acids is 2. The lowest BCUT2D eigenvalue weighted by molar-refractivity contribution is -0.696. The monoisotopic (exact) mass is 371 g/mol. The fourth-order valence-electron chi connectivity index (χ4n) is 2.30. The first-order valence-electron chi connectivity index (χ1n) is 8.29. The Hall–Kier alpha value is -2.20. The van der Waals surface area contributed by atoms with Gasteiger partial charge in [0.05, 0.1) is 19.8 Å². The molecule has 1 aromatic carbocycles. The number of carbonyl (C=O) groups excluding carboxylic acids is 1. The van der Waals surface area contributed by atoms with E-state index in [1.54, 1.807) is 24.3 Å². The second kappa shape index (κ2) is 11.4. The van der Waals surface area contributed by atoms with Crippen molar-refractivity contribution in [2.45, 2.75) is 38.2 Å². The average molecular weight is 371 g/mol. The van der Waals surface area contributed by atoms with Crippen molar-refractivity contribution in [3.8, 4) is 5.75 Å². The molecule has 0 aliphatic carbocycles. The lowest BCUT2D eigenvalue weighted by Gasteiger charge is -2.23. The minimum Gasteiger partial charge on any atom is -0.539 e. The van der Waals surface area contributed by atoms with E-state index >= 15 is 0 Å². The summed E-state index contributed by atoms with van der Waals surface area (Å²) >= 11 is 0. The SMILES string of the molecule is CC([NH2+]CCC1OCCCO1)C(O)c1ccc(O)cc1.O=C([O-])C(=O)O. The molecular formula is C17H25NO8. The molecule has 2 atom stereocenters. The van der Waals surface area contributed by atoms with Gasteiger partial charge >= 0.3 is 5.97 Å². The van der Waals surface area contributed by atoms with Gasteiger partial charge in [-0.1, -0.05) is 12.1 Å². The van der Waals surface area contributed by atoms with Crippen LogP contribution in [-0.4, -0.2) is 59.3 Å². The standard InChI is InChI=1S/C15H23NO4.C2H2O4/c1-11(15(18)12-3-5-13(17)6-4-12)16-8-7-14-19-9-2-10-20-14;3-1(4)2(5)6/h3-6,11,14-18H,2,7-10H2,1H3;(H,3,4)(H,5,6). The number of phenolic OH excluding ortho intramolecular Hbond substituents is 1. The summed E-state index contributed by atoms with van der Waals surface area (Å²) in [6, 6.07) is 6.72. The lowest BCUT2D eigenvalue weighted by atomic mass is 10.0. The summed E-state index contributed by atoms with van der Waals surface area (Å²) in [5, 5.41) is 37.9. The maximum atomic E-state index is 10.2. The first kappa shape index (κ1) is 21.8. The predicted molar refractivity (Wildman–Crippen MR) is 86.9 cm³/mol. The molecule has 1 aliphatic heterocycles. The molecule has 5 N–H and O–H groups in total. The average Bonchev–Trinajstić information content (AvgIpc) is 2.63. The topological polar surface area (TPSA) is 153 Å². The van der Waals surface area contributed by atoms with E-state index in [9.17, 15) is 10.2 Å². The number of benzene rings is 1. The van der Waals surface area contributed by atoms with Gasteiger partial charge in [-0.25, -0.2) is 4.79 Å². The maximum Gasteiger partial charge on any atom is 0.351 e. The van der Waals surface area contributed by atoms with Gasteiger partial charge in [0.1, 0.15) is 17.9 Å². The first-order chi connectivity index (χ1) is 12.3. The fourth-order valence-corrected chi connectivity index (χ4v) is 2.30. The zero-order valence-electron chi connectivity index (χ0n) is 14.5. The van der Waals surface area contributed by atoms with Crippen LogP contribution in [0.5, 0.6) is 5.75 Å². The maximum absolute atomic E-state index is 10.2. The highest BCUT2D eigenvalue weighted by atomic mass is 16.7. The molecular weight excluding hydrogens is 346 g/mol. The van der Waals surface area contributed by atoms with Gasteiger partial charge in [0.15, 0.2) is 12.3 Å². The fraction of sp³-hybridized carbons (Fsp3) is 0.529. The van der Waals surface area contributed by atoms with Crippen molar-refractivity contribution in [3.63, 3.8) is 0 Å². The van der Waals surface area contributed by atoms with E-state index in [0.717, 1.165) is 38.2 Å². The minimum atomic E-state index is -2.07. The van der Waals surface area contributed by atoms with Gasteiger partial charge in [-0.3, -0.25) is 0 Å². The van der Waals surface area contributed by atoms with Crippen LogP contribution in [0.25, 0.3) is 0 Å². The number of aliphatic hydroxyl groups excluding tert-OH is 1. The summed E-state index contributed by atoms with van der Waals surface area (Å²) in [6.45, 7) is 4.38. The van der Waals surface area contributed by atoms with Crippen LogP contribution in [0.3, 0.4) is 0 Å². The molecule has 9 nitrogen and oxygen atoms in total. The summed E-state index contributed by atoms with van der Waals surface area (Å²) in [5.41, 5.74) is 0.816. The number of aromatic hydroxyl groups is 1. The number of aliphatic carboxylic acids is 2. The summed E-state index contributed by atoms with van der Waals surface area (Å²) in [6.07, 6.45) is 1.14. The molecule has 9 heteroatoms. The van der Waals surface area contributed by atoms with Crippen molar-refractivity contribution in [1.29, 1.82) is 0 Å². The molecule has 0 spiro atoms. The number of nitrogens with two attached hydrogens (primary N) is 1. The first-order valence-corrected chi connectivity index (χ1v) is 8.29. The summed E-state index contributed by atoms with van der Waals surface area (Å²) in [4.78, 5) is 18.0. The third-order valence-electron chi connectivity index (χ3n) is 3.74. The Morgan fingerprint density at radius 3 is 2.31 bits per heavy atom. The molecule has 1 saturated heterocycles. The van der Waals surface area contributed by atoms with E-state index in [0.29, 0.717) is 0 Å². The molecule has 0 saturated carbocycles. The van der Waals surface area contributed by atoms with E-state index in [-0.39, 0.29) is 18.1 Å². The van der Waals surface area contributed by atoms with E-state index < -0.39 is 18.0 Å². The second-order valence-electron chi connectivity index (χ2n) is 5.83. The second-order valence-corrected chi connectivity index (χ2v) is 5.83. The Labute approximate surface area is 151 Å². The van der Waals surface area contributed by atoms with Gasteiger partial charge in [-0.15, -0.1) is 0 Å². The molecule has 1 aromatic rings. The molecule has 2 unspecified atom stereocenters. The Balaban J connectivity index is 0.000000487. The lowest BCUT2D eigenvalue weighted by Crippen LogP contribution is -2.90.